The van der Waals surface area contributed by atoms with E-state index in [1.807, 2.05) is 0 Å². The zero-order valence-electron chi connectivity index (χ0n) is 37.4. The van der Waals surface area contributed by atoms with Gasteiger partial charge in [0, 0.05) is 12.8 Å². The average molecular weight is 887 g/mol. The fourth-order valence-electron chi connectivity index (χ4n) is 6.93. The number of aliphatic hydroxyl groups excluding tert-OH is 5. The maximum absolute atomic E-state index is 12.8. The number of phosphoric ester groups is 1. The fraction of sp³-hybridized carbons (Fsp3) is 0.787. The number of aliphatic hydroxyl groups is 5. The lowest BCUT2D eigenvalue weighted by Gasteiger charge is -2.41. The maximum Gasteiger partial charge on any atom is 0.472 e. The number of unbranched alkanes of at least 4 members (excludes halogenated alkanes) is 18. The number of hydrogen-bond donors (Lipinski definition) is 6. The van der Waals surface area contributed by atoms with E-state index in [-0.39, 0.29) is 12.8 Å². The van der Waals surface area contributed by atoms with Gasteiger partial charge in [-0.3, -0.25) is 18.6 Å². The van der Waals surface area contributed by atoms with Crippen LogP contribution in [0.5, 0.6) is 0 Å². The lowest BCUT2D eigenvalue weighted by molar-refractivity contribution is -0.220. The quantitative estimate of drug-likeness (QED) is 0.0148. The van der Waals surface area contributed by atoms with Crippen molar-refractivity contribution >= 4 is 19.8 Å². The molecule has 0 aromatic heterocycles. The Morgan fingerprint density at radius 2 is 0.934 bits per heavy atom. The van der Waals surface area contributed by atoms with Crippen molar-refractivity contribution in [1.82, 2.24) is 0 Å². The van der Waals surface area contributed by atoms with E-state index in [0.29, 0.717) is 12.8 Å². The Hall–Kier alpha value is -2.19. The fourth-order valence-corrected chi connectivity index (χ4v) is 7.90. The summed E-state index contributed by atoms with van der Waals surface area (Å²) in [4.78, 5) is 35.7. The highest BCUT2D eigenvalue weighted by Gasteiger charge is 2.51. The molecule has 61 heavy (non-hydrogen) atoms. The van der Waals surface area contributed by atoms with E-state index in [4.69, 9.17) is 18.5 Å². The molecule has 0 saturated heterocycles. The Balaban J connectivity index is 2.47. The van der Waals surface area contributed by atoms with E-state index in [1.165, 1.54) is 70.6 Å². The summed E-state index contributed by atoms with van der Waals surface area (Å²) in [7, 11) is -5.12. The van der Waals surface area contributed by atoms with Crippen LogP contribution in [0.4, 0.5) is 0 Å². The topological polar surface area (TPSA) is 210 Å². The van der Waals surface area contributed by atoms with E-state index in [1.54, 1.807) is 0 Å². The van der Waals surface area contributed by atoms with Crippen molar-refractivity contribution in [3.8, 4) is 0 Å². The second-order valence-corrected chi connectivity index (χ2v) is 17.6. The summed E-state index contributed by atoms with van der Waals surface area (Å²) in [6.07, 6.45) is 30.2. The standard InChI is InChI=1S/C47H83O13P/c1-3-5-7-9-11-13-15-17-19-20-22-24-26-28-30-32-34-36-41(49)59-39(38-58-61(55,56)60-47-45(53)43(51)42(50)44(52)46(47)54)37-57-40(48)35-33-31-29-27-25-23-21-18-16-14-12-10-8-6-4-2/h5,7,11,13,17,19,22,24,39,42-47,50-54H,3-4,6,8-10,12,14-16,18,20-21,23,25-38H2,1-2H3,(H,55,56)/b7-5-,13-11-,19-17-,24-22-. The van der Waals surface area contributed by atoms with Crippen LogP contribution in [0.25, 0.3) is 0 Å². The number of ether oxygens (including phenoxy) is 2. The highest BCUT2D eigenvalue weighted by atomic mass is 31.2. The van der Waals surface area contributed by atoms with Crippen LogP contribution in [0.2, 0.25) is 0 Å². The summed E-state index contributed by atoms with van der Waals surface area (Å²) in [5, 5.41) is 50.1. The highest BCUT2D eigenvalue weighted by molar-refractivity contribution is 7.47. The minimum Gasteiger partial charge on any atom is -0.462 e. The molecule has 1 aliphatic rings. The van der Waals surface area contributed by atoms with E-state index < -0.39 is 75.7 Å². The summed E-state index contributed by atoms with van der Waals surface area (Å²) < 4.78 is 33.5. The van der Waals surface area contributed by atoms with Gasteiger partial charge in [0.15, 0.2) is 6.10 Å². The SMILES string of the molecule is CC/C=C\C/C=C\C/C=C\C/C=C\CCCCCCC(=O)OC(COC(=O)CCCCCCCCCCCCCCCCC)COP(=O)(O)OC1C(O)C(O)C(O)C(O)C1O. The zero-order valence-corrected chi connectivity index (χ0v) is 38.3. The summed E-state index contributed by atoms with van der Waals surface area (Å²) in [6, 6.07) is 0. The molecule has 0 aromatic carbocycles. The first kappa shape index (κ1) is 56.8. The average Bonchev–Trinajstić information content (AvgIpc) is 3.24. The van der Waals surface area contributed by atoms with Crippen molar-refractivity contribution in [3.05, 3.63) is 48.6 Å². The third-order valence-electron chi connectivity index (χ3n) is 10.7. The summed E-state index contributed by atoms with van der Waals surface area (Å²) in [5.74, 6) is -1.12. The van der Waals surface area contributed by atoms with Gasteiger partial charge >= 0.3 is 19.8 Å². The molecule has 1 saturated carbocycles. The van der Waals surface area contributed by atoms with Gasteiger partial charge in [-0.05, 0) is 51.4 Å². The molecule has 354 valence electrons. The monoisotopic (exact) mass is 887 g/mol. The number of allylic oxidation sites excluding steroid dienone is 8. The van der Waals surface area contributed by atoms with Gasteiger partial charge in [-0.15, -0.1) is 0 Å². The molecule has 0 bridgehead atoms. The van der Waals surface area contributed by atoms with E-state index in [2.05, 4.69) is 62.5 Å². The number of esters is 2. The molecular formula is C47H83O13P. The molecule has 0 aromatic rings. The third kappa shape index (κ3) is 29.7. The van der Waals surface area contributed by atoms with Crippen LogP contribution in [-0.4, -0.2) is 98.3 Å². The molecule has 0 spiro atoms. The molecule has 0 radical (unpaired) electrons. The molecular weight excluding hydrogens is 803 g/mol. The van der Waals surface area contributed by atoms with Gasteiger partial charge in [-0.25, -0.2) is 4.57 Å². The first-order chi connectivity index (χ1) is 29.4. The molecule has 1 rings (SSSR count). The number of carbonyl (C=O) groups is 2. The minimum atomic E-state index is -5.12. The molecule has 0 heterocycles. The molecule has 14 heteroatoms. The number of rotatable bonds is 38. The minimum absolute atomic E-state index is 0.0688. The van der Waals surface area contributed by atoms with E-state index >= 15 is 0 Å². The van der Waals surface area contributed by atoms with Gasteiger partial charge < -0.3 is 39.9 Å². The third-order valence-corrected chi connectivity index (χ3v) is 11.7. The van der Waals surface area contributed by atoms with Crippen LogP contribution in [0.1, 0.15) is 181 Å². The lowest BCUT2D eigenvalue weighted by Crippen LogP contribution is -2.64. The van der Waals surface area contributed by atoms with Gasteiger partial charge in [0.2, 0.25) is 0 Å². The lowest BCUT2D eigenvalue weighted by atomic mass is 9.85. The smallest absolute Gasteiger partial charge is 0.462 e. The molecule has 0 amide bonds. The van der Waals surface area contributed by atoms with Crippen LogP contribution < -0.4 is 0 Å². The predicted molar refractivity (Wildman–Crippen MR) is 239 cm³/mol. The zero-order chi connectivity index (χ0) is 45.0. The van der Waals surface area contributed by atoms with Crippen LogP contribution >= 0.6 is 7.82 Å². The first-order valence-electron chi connectivity index (χ1n) is 23.4. The van der Waals surface area contributed by atoms with Crippen molar-refractivity contribution < 1.29 is 63.1 Å². The maximum atomic E-state index is 12.8. The molecule has 6 unspecified atom stereocenters. The van der Waals surface area contributed by atoms with E-state index in [0.717, 1.165) is 70.6 Å². The predicted octanol–water partition coefficient (Wildman–Crippen LogP) is 9.17. The van der Waals surface area contributed by atoms with Gasteiger partial charge in [0.25, 0.3) is 0 Å². The second-order valence-electron chi connectivity index (χ2n) is 16.2. The Labute approximate surface area is 367 Å². The normalized spacial score (nSPS) is 22.4. The van der Waals surface area contributed by atoms with Crippen molar-refractivity contribution in [2.24, 2.45) is 0 Å². The molecule has 6 N–H and O–H groups in total. The molecule has 1 aliphatic carbocycles. The Morgan fingerprint density at radius 3 is 1.43 bits per heavy atom. The first-order valence-corrected chi connectivity index (χ1v) is 24.9. The van der Waals surface area contributed by atoms with Crippen molar-refractivity contribution in [1.29, 1.82) is 0 Å². The van der Waals surface area contributed by atoms with Gasteiger partial charge in [-0.2, -0.15) is 0 Å². The van der Waals surface area contributed by atoms with Crippen molar-refractivity contribution in [3.63, 3.8) is 0 Å². The Bertz CT molecular complexity index is 1250. The summed E-state index contributed by atoms with van der Waals surface area (Å²) in [6.45, 7) is 3.17. The highest BCUT2D eigenvalue weighted by Crippen LogP contribution is 2.47. The number of carbonyl (C=O) groups excluding carboxylic acids is 2. The van der Waals surface area contributed by atoms with Crippen molar-refractivity contribution in [2.75, 3.05) is 13.2 Å². The summed E-state index contributed by atoms with van der Waals surface area (Å²) in [5.41, 5.74) is 0. The second kappa shape index (κ2) is 37.2. The Kier molecular flexibility index (Phi) is 34.7. The van der Waals surface area contributed by atoms with Gasteiger partial charge in [0.1, 0.15) is 43.2 Å². The molecule has 0 aliphatic heterocycles. The summed E-state index contributed by atoms with van der Waals surface area (Å²) >= 11 is 0. The van der Waals surface area contributed by atoms with Crippen LogP contribution in [0.15, 0.2) is 48.6 Å². The largest absolute Gasteiger partial charge is 0.472 e. The van der Waals surface area contributed by atoms with Crippen LogP contribution in [-0.2, 0) is 32.7 Å². The number of hydrogen-bond acceptors (Lipinski definition) is 12. The van der Waals surface area contributed by atoms with Gasteiger partial charge in [0.05, 0.1) is 6.61 Å². The van der Waals surface area contributed by atoms with Crippen molar-refractivity contribution in [2.45, 2.75) is 224 Å². The van der Waals surface area contributed by atoms with Crippen LogP contribution in [0, 0.1) is 0 Å². The molecule has 13 nitrogen and oxygen atoms in total. The molecule has 6 atom stereocenters. The van der Waals surface area contributed by atoms with Crippen LogP contribution in [0.3, 0.4) is 0 Å². The molecule has 1 fully saturated rings. The Morgan fingerprint density at radius 1 is 0.525 bits per heavy atom. The number of phosphoric acid groups is 1. The van der Waals surface area contributed by atoms with E-state index in [9.17, 15) is 44.6 Å². The van der Waals surface area contributed by atoms with Gasteiger partial charge in [-0.1, -0.05) is 165 Å².